The highest BCUT2D eigenvalue weighted by atomic mass is 16.5. The van der Waals surface area contributed by atoms with Crippen LogP contribution in [-0.2, 0) is 56.0 Å². The summed E-state index contributed by atoms with van der Waals surface area (Å²) in [6.45, 7) is 4.91. The smallest absolute Gasteiger partial charge is 0.246 e. The van der Waals surface area contributed by atoms with Crippen LogP contribution in [0.5, 0.6) is 5.75 Å². The lowest BCUT2D eigenvalue weighted by molar-refractivity contribution is -0.145. The molecule has 9 N–H and O–H groups in total. The summed E-state index contributed by atoms with van der Waals surface area (Å²) in [5.41, 5.74) is 13.2. The van der Waals surface area contributed by atoms with Gasteiger partial charge in [0.05, 0.1) is 7.11 Å². The Morgan fingerprint density at radius 2 is 1.23 bits per heavy atom. The summed E-state index contributed by atoms with van der Waals surface area (Å²) in [5.74, 6) is -2.93. The standard InChI is InChI=1S/C54H75N9O10/c1-32(12-27-47(55)65)57-51(69)45-24-21-39-9-5-6-10-42(53(71)62(39)45)61-50(68)43(59-34(3)64)31-37-16-14-36(15-17-37)30-38-8-7-11-41(60-49(67)29-20-35-18-22-40(73-4)23-19-35)54(72)63-44(38)25-26-46(63)52(70)58-33(2)13-28-48(56)66/h14-20,22-23,29,32-33,38-39,41-46H,5-13,21,24-28,30-31H2,1-4H3,(H2,55,65)(H2,56,66)(H,57,69)(H,58,70)(H,59,64)(H,60,67)(H,61,68). The van der Waals surface area contributed by atoms with Gasteiger partial charge in [0.15, 0.2) is 0 Å². The molecule has 73 heavy (non-hydrogen) atoms. The molecule has 2 aromatic carbocycles. The molecule has 19 nitrogen and oxygen atoms in total. The molecule has 4 heterocycles. The van der Waals surface area contributed by atoms with Crippen LogP contribution in [0.25, 0.3) is 6.08 Å². The number of rotatable bonds is 21. The average molecular weight is 1010 g/mol. The lowest BCUT2D eigenvalue weighted by Crippen LogP contribution is -2.59. The number of nitrogens with two attached hydrogens (primary N) is 2. The summed E-state index contributed by atoms with van der Waals surface area (Å²) < 4.78 is 5.22. The number of benzene rings is 2. The molecule has 9 amide bonds. The second kappa shape index (κ2) is 26.2. The summed E-state index contributed by atoms with van der Waals surface area (Å²) in [7, 11) is 1.57. The third kappa shape index (κ3) is 15.6. The van der Waals surface area contributed by atoms with E-state index in [9.17, 15) is 43.2 Å². The lowest BCUT2D eigenvalue weighted by Gasteiger charge is -2.39. The van der Waals surface area contributed by atoms with Gasteiger partial charge in [-0.25, -0.2) is 0 Å². The predicted molar refractivity (Wildman–Crippen MR) is 273 cm³/mol. The van der Waals surface area contributed by atoms with Crippen LogP contribution in [0.15, 0.2) is 54.6 Å². The first kappa shape index (κ1) is 55.5. The number of hydrogen-bond donors (Lipinski definition) is 7. The molecule has 19 heteroatoms. The quantitative estimate of drug-likeness (QED) is 0.0898. The van der Waals surface area contributed by atoms with Gasteiger partial charge in [-0.15, -0.1) is 0 Å². The Labute approximate surface area is 428 Å². The number of primary amides is 2. The SMILES string of the molecule is COc1ccc(C=CC(=O)NC2CCCC(Cc3ccc(CC(NC(C)=O)C(=O)NC4CCCCC5CCC(C(=O)NC(C)CCC(N)=O)N5C4=O)cc3)C3CCC(C(=O)NC(C)CCC(N)=O)N3C2=O)cc1. The van der Waals surface area contributed by atoms with E-state index in [-0.39, 0.29) is 73.0 Å². The summed E-state index contributed by atoms with van der Waals surface area (Å²) in [5, 5.41) is 14.5. The molecule has 0 saturated carbocycles. The molecule has 4 aliphatic heterocycles. The molecule has 0 aromatic heterocycles. The topological polar surface area (TPSA) is 282 Å². The van der Waals surface area contributed by atoms with E-state index in [1.165, 1.54) is 13.0 Å². The minimum absolute atomic E-state index is 0.0307. The molecule has 2 aromatic rings. The molecule has 0 spiro atoms. The highest BCUT2D eigenvalue weighted by molar-refractivity contribution is 5.98. The van der Waals surface area contributed by atoms with Crippen LogP contribution in [0.4, 0.5) is 0 Å². The number of ether oxygens (including phenoxy) is 1. The lowest BCUT2D eigenvalue weighted by atomic mass is 9.84. The van der Waals surface area contributed by atoms with Crippen LogP contribution in [0.2, 0.25) is 0 Å². The van der Waals surface area contributed by atoms with Gasteiger partial charge in [0, 0.05) is 56.4 Å². The van der Waals surface area contributed by atoms with Gasteiger partial charge in [-0.1, -0.05) is 55.7 Å². The second-order valence-corrected chi connectivity index (χ2v) is 20.4. The van der Waals surface area contributed by atoms with Gasteiger partial charge in [-0.3, -0.25) is 43.2 Å². The maximum absolute atomic E-state index is 14.6. The van der Waals surface area contributed by atoms with E-state index in [0.29, 0.717) is 76.4 Å². The molecule has 10 atom stereocenters. The Kier molecular flexibility index (Phi) is 20.0. The molecule has 6 rings (SSSR count). The van der Waals surface area contributed by atoms with Crippen molar-refractivity contribution in [3.63, 3.8) is 0 Å². The summed E-state index contributed by atoms with van der Waals surface area (Å²) >= 11 is 0. The maximum atomic E-state index is 14.6. The van der Waals surface area contributed by atoms with E-state index in [1.54, 1.807) is 49.0 Å². The number of nitrogens with one attached hydrogen (secondary N) is 5. The number of carbonyl (C=O) groups excluding carboxylic acids is 9. The highest BCUT2D eigenvalue weighted by Gasteiger charge is 2.48. The highest BCUT2D eigenvalue weighted by Crippen LogP contribution is 2.37. The number of fused-ring (bicyclic) bond motifs is 2. The number of amides is 9. The van der Waals surface area contributed by atoms with Gasteiger partial charge in [-0.05, 0) is 125 Å². The molecular weight excluding hydrogens is 935 g/mol. The molecular formula is C54H75N9O10. The van der Waals surface area contributed by atoms with Crippen molar-refractivity contribution in [3.05, 3.63) is 71.3 Å². The summed E-state index contributed by atoms with van der Waals surface area (Å²) in [6.07, 6.45) is 11.2. The number of hydrogen-bond acceptors (Lipinski definition) is 10. The van der Waals surface area contributed by atoms with Crippen LogP contribution in [0.3, 0.4) is 0 Å². The normalized spacial score (nSPS) is 24.3. The number of nitrogens with zero attached hydrogens (tertiary/aromatic N) is 2. The zero-order chi connectivity index (χ0) is 52.8. The molecule has 0 radical (unpaired) electrons. The van der Waals surface area contributed by atoms with E-state index in [2.05, 4.69) is 26.6 Å². The Bertz CT molecular complexity index is 2340. The largest absolute Gasteiger partial charge is 0.497 e. The van der Waals surface area contributed by atoms with Gasteiger partial charge in [-0.2, -0.15) is 0 Å². The fourth-order valence-corrected chi connectivity index (χ4v) is 11.0. The minimum atomic E-state index is -1.00. The van der Waals surface area contributed by atoms with Crippen LogP contribution < -0.4 is 42.8 Å². The predicted octanol–water partition coefficient (Wildman–Crippen LogP) is 2.60. The van der Waals surface area contributed by atoms with E-state index in [4.69, 9.17) is 16.2 Å². The second-order valence-electron chi connectivity index (χ2n) is 20.4. The van der Waals surface area contributed by atoms with Crippen molar-refractivity contribution >= 4 is 59.2 Å². The van der Waals surface area contributed by atoms with Crippen LogP contribution in [0, 0.1) is 5.92 Å². The monoisotopic (exact) mass is 1010 g/mol. The van der Waals surface area contributed by atoms with Gasteiger partial charge < -0.3 is 52.6 Å². The van der Waals surface area contributed by atoms with E-state index in [1.807, 2.05) is 36.4 Å². The van der Waals surface area contributed by atoms with Gasteiger partial charge >= 0.3 is 0 Å². The molecule has 4 saturated heterocycles. The van der Waals surface area contributed by atoms with Crippen LogP contribution in [-0.4, -0.2) is 124 Å². The van der Waals surface area contributed by atoms with Crippen molar-refractivity contribution in [2.75, 3.05) is 7.11 Å². The number of methoxy groups -OCH3 is 1. The molecule has 396 valence electrons. The first-order valence-corrected chi connectivity index (χ1v) is 26.0. The van der Waals surface area contributed by atoms with Gasteiger partial charge in [0.2, 0.25) is 53.2 Å². The average Bonchev–Trinajstić information content (AvgIpc) is 3.99. The fraction of sp³-hybridized carbons (Fsp3) is 0.574. The van der Waals surface area contributed by atoms with Gasteiger partial charge in [0.25, 0.3) is 0 Å². The van der Waals surface area contributed by atoms with Crippen LogP contribution in [0.1, 0.15) is 134 Å². The fourth-order valence-electron chi connectivity index (χ4n) is 11.0. The zero-order valence-corrected chi connectivity index (χ0v) is 42.7. The minimum Gasteiger partial charge on any atom is -0.497 e. The summed E-state index contributed by atoms with van der Waals surface area (Å²) in [6, 6.07) is 9.54. The Morgan fingerprint density at radius 1 is 0.671 bits per heavy atom. The van der Waals surface area contributed by atoms with E-state index in [0.717, 1.165) is 36.0 Å². The first-order valence-electron chi connectivity index (χ1n) is 26.0. The molecule has 0 aliphatic carbocycles. The Morgan fingerprint density at radius 3 is 1.85 bits per heavy atom. The van der Waals surface area contributed by atoms with Crippen molar-refractivity contribution < 1.29 is 47.9 Å². The van der Waals surface area contributed by atoms with Crippen molar-refractivity contribution in [2.45, 2.75) is 184 Å². The van der Waals surface area contributed by atoms with Crippen molar-refractivity contribution in [1.29, 1.82) is 0 Å². The van der Waals surface area contributed by atoms with E-state index < -0.39 is 59.7 Å². The van der Waals surface area contributed by atoms with E-state index >= 15 is 0 Å². The van der Waals surface area contributed by atoms with Gasteiger partial charge in [0.1, 0.15) is 36.0 Å². The first-order chi connectivity index (χ1) is 34.9. The summed E-state index contributed by atoms with van der Waals surface area (Å²) in [4.78, 5) is 122. The third-order valence-electron chi connectivity index (χ3n) is 14.8. The zero-order valence-electron chi connectivity index (χ0n) is 42.7. The molecule has 10 unspecified atom stereocenters. The van der Waals surface area contributed by atoms with Crippen molar-refractivity contribution in [1.82, 2.24) is 36.4 Å². The Balaban J connectivity index is 1.13. The number of carbonyl (C=O) groups is 9. The maximum Gasteiger partial charge on any atom is 0.246 e. The van der Waals surface area contributed by atoms with Crippen LogP contribution >= 0.6 is 0 Å². The molecule has 0 bridgehead atoms. The molecule has 4 aliphatic rings. The molecule has 4 fully saturated rings. The van der Waals surface area contributed by atoms with Crippen molar-refractivity contribution in [2.24, 2.45) is 17.4 Å². The third-order valence-corrected chi connectivity index (χ3v) is 14.8. The van der Waals surface area contributed by atoms with Crippen molar-refractivity contribution in [3.8, 4) is 5.75 Å². The Hall–Kier alpha value is -6.79.